The Morgan fingerprint density at radius 2 is 1.91 bits per heavy atom. The highest BCUT2D eigenvalue weighted by Gasteiger charge is 2.47. The van der Waals surface area contributed by atoms with Crippen molar-refractivity contribution >= 4 is 29.3 Å². The summed E-state index contributed by atoms with van der Waals surface area (Å²) in [7, 11) is 2.61. The summed E-state index contributed by atoms with van der Waals surface area (Å²) < 4.78 is 15.6. The number of Topliss-reactive ketones (excluding diaryl/α,β-unsaturated/α-hetero) is 1. The van der Waals surface area contributed by atoms with E-state index in [0.29, 0.717) is 23.4 Å². The summed E-state index contributed by atoms with van der Waals surface area (Å²) >= 11 is 6.25. The Kier molecular flexibility index (Phi) is 7.07. The number of phenolic OH excluding ortho intramolecular Hbond substituents is 1. The first-order valence-electron chi connectivity index (χ1n) is 10.6. The molecule has 1 heterocycles. The lowest BCUT2D eigenvalue weighted by molar-refractivity contribution is -0.151. The number of benzene rings is 1. The van der Waals surface area contributed by atoms with Crippen molar-refractivity contribution in [2.75, 3.05) is 14.2 Å². The maximum absolute atomic E-state index is 13.7. The summed E-state index contributed by atoms with van der Waals surface area (Å²) in [4.78, 5) is 39.3. The molecule has 1 aliphatic carbocycles. The first-order chi connectivity index (χ1) is 15.5. The lowest BCUT2D eigenvalue weighted by atomic mass is 9.69. The topological polar surface area (TPSA) is 111 Å². The van der Waals surface area contributed by atoms with Crippen LogP contribution in [0.15, 0.2) is 34.7 Å². The van der Waals surface area contributed by atoms with Crippen LogP contribution in [0.4, 0.5) is 0 Å². The predicted molar refractivity (Wildman–Crippen MR) is 121 cm³/mol. The molecule has 1 aromatic rings. The number of ether oxygens (including phenoxy) is 3. The molecule has 0 aromatic heterocycles. The number of rotatable bonds is 5. The third kappa shape index (κ3) is 4.44. The smallest absolute Gasteiger partial charge is 0.337 e. The van der Waals surface area contributed by atoms with Crippen LogP contribution in [0.1, 0.15) is 45.6 Å². The molecule has 0 amide bonds. The van der Waals surface area contributed by atoms with Gasteiger partial charge in [0, 0.05) is 22.9 Å². The van der Waals surface area contributed by atoms with E-state index in [1.54, 1.807) is 20.8 Å². The monoisotopic (exact) mass is 477 g/mol. The highest BCUT2D eigenvalue weighted by molar-refractivity contribution is 6.32. The highest BCUT2D eigenvalue weighted by Crippen LogP contribution is 2.48. The molecule has 1 aliphatic heterocycles. The van der Waals surface area contributed by atoms with Crippen molar-refractivity contribution in [2.24, 2.45) is 11.8 Å². The predicted octanol–water partition coefficient (Wildman–Crippen LogP) is 3.62. The average Bonchev–Trinajstić information content (AvgIpc) is 2.73. The molecule has 1 aromatic carbocycles. The van der Waals surface area contributed by atoms with Gasteiger partial charge in [-0.25, -0.2) is 4.79 Å². The number of esters is 2. The van der Waals surface area contributed by atoms with Crippen LogP contribution in [0.25, 0.3) is 0 Å². The number of dihydropyridines is 1. The van der Waals surface area contributed by atoms with Gasteiger partial charge < -0.3 is 24.6 Å². The normalized spacial score (nSPS) is 22.7. The fourth-order valence-electron chi connectivity index (χ4n) is 4.48. The Morgan fingerprint density at radius 1 is 1.24 bits per heavy atom. The molecule has 0 radical (unpaired) electrons. The van der Waals surface area contributed by atoms with Gasteiger partial charge in [-0.2, -0.15) is 0 Å². The van der Waals surface area contributed by atoms with Crippen molar-refractivity contribution in [3.8, 4) is 11.5 Å². The summed E-state index contributed by atoms with van der Waals surface area (Å²) in [6, 6.07) is 3.00. The van der Waals surface area contributed by atoms with Crippen LogP contribution in [0.3, 0.4) is 0 Å². The van der Waals surface area contributed by atoms with Crippen LogP contribution in [-0.2, 0) is 23.9 Å². The number of nitrogens with one attached hydrogen (secondary N) is 1. The lowest BCUT2D eigenvalue weighted by Gasteiger charge is -2.38. The van der Waals surface area contributed by atoms with E-state index in [1.807, 2.05) is 6.92 Å². The van der Waals surface area contributed by atoms with Gasteiger partial charge in [-0.3, -0.25) is 9.59 Å². The summed E-state index contributed by atoms with van der Waals surface area (Å²) in [5, 5.41) is 13.4. The Bertz CT molecular complexity index is 1070. The molecule has 0 fully saturated rings. The van der Waals surface area contributed by atoms with Crippen LogP contribution < -0.4 is 10.1 Å². The second-order valence-electron chi connectivity index (χ2n) is 8.54. The molecular formula is C24H28ClNO7. The largest absolute Gasteiger partial charge is 0.503 e. The van der Waals surface area contributed by atoms with Gasteiger partial charge in [0.25, 0.3) is 0 Å². The number of methoxy groups -OCH3 is 2. The number of halogens is 1. The average molecular weight is 478 g/mol. The zero-order valence-electron chi connectivity index (χ0n) is 19.4. The Morgan fingerprint density at radius 3 is 2.48 bits per heavy atom. The third-order valence-corrected chi connectivity index (χ3v) is 6.20. The summed E-state index contributed by atoms with van der Waals surface area (Å²) in [5.41, 5.74) is 2.10. The van der Waals surface area contributed by atoms with Gasteiger partial charge in [-0.05, 0) is 50.8 Å². The molecule has 0 bridgehead atoms. The summed E-state index contributed by atoms with van der Waals surface area (Å²) in [6.07, 6.45) is 0.0149. The number of hydrogen-bond donors (Lipinski definition) is 2. The van der Waals surface area contributed by atoms with E-state index in [0.717, 1.165) is 0 Å². The fourth-order valence-corrected chi connectivity index (χ4v) is 4.70. The van der Waals surface area contributed by atoms with Gasteiger partial charge in [0.1, 0.15) is 5.92 Å². The maximum Gasteiger partial charge on any atom is 0.337 e. The molecule has 0 saturated carbocycles. The molecule has 0 spiro atoms. The van der Waals surface area contributed by atoms with Crippen LogP contribution in [0, 0.1) is 11.8 Å². The molecule has 2 N–H and O–H groups in total. The highest BCUT2D eigenvalue weighted by atomic mass is 35.5. The molecule has 0 unspecified atom stereocenters. The van der Waals surface area contributed by atoms with Crippen molar-refractivity contribution in [1.82, 2.24) is 5.32 Å². The molecule has 3 atom stereocenters. The van der Waals surface area contributed by atoms with Gasteiger partial charge >= 0.3 is 11.9 Å². The second kappa shape index (κ2) is 9.47. The van der Waals surface area contributed by atoms with E-state index < -0.39 is 35.7 Å². The number of phenols is 1. The molecule has 178 valence electrons. The van der Waals surface area contributed by atoms with Gasteiger partial charge in [-0.1, -0.05) is 18.5 Å². The minimum Gasteiger partial charge on any atom is -0.503 e. The molecule has 3 rings (SSSR count). The van der Waals surface area contributed by atoms with E-state index >= 15 is 0 Å². The minimum absolute atomic E-state index is 0.000377. The molecule has 2 aliphatic rings. The van der Waals surface area contributed by atoms with Crippen LogP contribution in [0.5, 0.6) is 11.5 Å². The van der Waals surface area contributed by atoms with Crippen LogP contribution in [0.2, 0.25) is 5.02 Å². The van der Waals surface area contributed by atoms with Crippen molar-refractivity contribution in [3.63, 3.8) is 0 Å². The van der Waals surface area contributed by atoms with E-state index in [9.17, 15) is 19.5 Å². The van der Waals surface area contributed by atoms with Crippen LogP contribution >= 0.6 is 11.6 Å². The molecule has 0 saturated heterocycles. The van der Waals surface area contributed by atoms with Gasteiger partial charge in [-0.15, -0.1) is 0 Å². The lowest BCUT2D eigenvalue weighted by Crippen LogP contribution is -2.43. The second-order valence-corrected chi connectivity index (χ2v) is 8.95. The Labute approximate surface area is 197 Å². The molecule has 9 heteroatoms. The van der Waals surface area contributed by atoms with Crippen molar-refractivity contribution in [3.05, 3.63) is 45.3 Å². The van der Waals surface area contributed by atoms with Crippen molar-refractivity contribution < 1.29 is 33.7 Å². The first-order valence-corrected chi connectivity index (χ1v) is 11.0. The van der Waals surface area contributed by atoms with Gasteiger partial charge in [0.05, 0.1) is 30.9 Å². The Hall–Kier alpha value is -3.00. The molecular weight excluding hydrogens is 450 g/mol. The van der Waals surface area contributed by atoms with E-state index in [-0.39, 0.29) is 33.6 Å². The quantitative estimate of drug-likeness (QED) is 0.488. The zero-order valence-corrected chi connectivity index (χ0v) is 20.2. The summed E-state index contributed by atoms with van der Waals surface area (Å²) in [5.74, 6) is -4.01. The number of carbonyl (C=O) groups excluding carboxylic acids is 3. The van der Waals surface area contributed by atoms with Crippen molar-refractivity contribution in [2.45, 2.75) is 46.1 Å². The zero-order chi connectivity index (χ0) is 24.6. The third-order valence-electron chi connectivity index (χ3n) is 5.91. The molecule has 33 heavy (non-hydrogen) atoms. The number of hydrogen-bond acceptors (Lipinski definition) is 8. The SMILES string of the molecule is COC(=O)[C@H]1C(=O)C2=C(C[C@@H]1C)NC(C)=C(C(=O)OC(C)C)[C@H]2c1cc(Cl)c(O)c(OC)c1. The minimum atomic E-state index is -1.01. The molecule has 8 nitrogen and oxygen atoms in total. The number of ketones is 1. The van der Waals surface area contributed by atoms with Crippen molar-refractivity contribution in [1.29, 1.82) is 0 Å². The van der Waals surface area contributed by atoms with Crippen LogP contribution in [-0.4, -0.2) is 43.2 Å². The fraction of sp³-hybridized carbons (Fsp3) is 0.458. The number of carbonyl (C=O) groups is 3. The van der Waals surface area contributed by atoms with Gasteiger partial charge in [0.15, 0.2) is 17.3 Å². The number of aromatic hydroxyl groups is 1. The Balaban J connectivity index is 2.26. The van der Waals surface area contributed by atoms with E-state index in [4.69, 9.17) is 25.8 Å². The van der Waals surface area contributed by atoms with Gasteiger partial charge in [0.2, 0.25) is 0 Å². The summed E-state index contributed by atoms with van der Waals surface area (Å²) in [6.45, 7) is 6.99. The standard InChI is InChI=1S/C24H28ClNO7/c1-10(2)33-24(30)18-12(4)26-15-7-11(3)17(23(29)32-6)22(28)20(15)19(18)13-8-14(25)21(27)16(9-13)31-5/h8-11,17,19,26-27H,7H2,1-6H3/t11-,17+,19+/m0/s1. The van der Waals surface area contributed by atoms with E-state index in [1.165, 1.54) is 26.4 Å². The first kappa shape index (κ1) is 24.6. The van der Waals surface area contributed by atoms with E-state index in [2.05, 4.69) is 5.32 Å². The number of allylic oxidation sites excluding steroid dienone is 3. The maximum atomic E-state index is 13.7.